The zero-order valence-electron chi connectivity index (χ0n) is 16.5. The van der Waals surface area contributed by atoms with Crippen molar-refractivity contribution in [3.63, 3.8) is 0 Å². The second-order valence-electron chi connectivity index (χ2n) is 8.88. The Morgan fingerprint density at radius 3 is 1.38 bits per heavy atom. The van der Waals surface area contributed by atoms with Crippen LogP contribution in [0, 0.1) is 47.3 Å². The first kappa shape index (κ1) is 19.1. The maximum Gasteiger partial charge on any atom is 0.0500 e. The molecule has 4 rings (SSSR count). The van der Waals surface area contributed by atoms with Crippen molar-refractivity contribution in [3.05, 3.63) is 0 Å². The number of hydrogen-bond acceptors (Lipinski definition) is 2. The monoisotopic (exact) mass is 352 g/mol. The Kier molecular flexibility index (Phi) is 7.00. The Hall–Kier alpha value is 0.310. The second-order valence-corrected chi connectivity index (χ2v) is 9.95. The van der Waals surface area contributed by atoms with E-state index in [2.05, 4.69) is 39.5 Å². The minimum absolute atomic E-state index is 0.917. The van der Waals surface area contributed by atoms with Crippen molar-refractivity contribution in [2.75, 3.05) is 24.7 Å². The molecule has 0 aromatic rings. The molecule has 2 saturated carbocycles. The Labute approximate surface area is 155 Å². The van der Waals surface area contributed by atoms with Crippen molar-refractivity contribution in [2.24, 2.45) is 47.3 Å². The summed E-state index contributed by atoms with van der Waals surface area (Å²) in [5.41, 5.74) is 0. The van der Waals surface area contributed by atoms with Gasteiger partial charge in [-0.2, -0.15) is 11.8 Å². The van der Waals surface area contributed by atoms with E-state index in [0.29, 0.717) is 0 Å². The third-order valence-electron chi connectivity index (χ3n) is 8.07. The van der Waals surface area contributed by atoms with E-state index in [-0.39, 0.29) is 0 Å². The van der Waals surface area contributed by atoms with Gasteiger partial charge >= 0.3 is 0 Å². The van der Waals surface area contributed by atoms with Crippen LogP contribution < -0.4 is 0 Å². The lowest BCUT2D eigenvalue weighted by Crippen LogP contribution is -2.14. The molecule has 0 amide bonds. The molecule has 2 saturated heterocycles. The molecular weight excluding hydrogens is 312 g/mol. The summed E-state index contributed by atoms with van der Waals surface area (Å²) in [6.07, 6.45) is 8.60. The fourth-order valence-electron chi connectivity index (χ4n) is 6.47. The van der Waals surface area contributed by atoms with Crippen LogP contribution in [0.2, 0.25) is 0 Å². The number of fused-ring (bicyclic) bond motifs is 2. The van der Waals surface area contributed by atoms with Gasteiger partial charge in [0.25, 0.3) is 0 Å². The molecule has 8 unspecified atom stereocenters. The fourth-order valence-corrected chi connectivity index (χ4v) is 8.19. The predicted molar refractivity (Wildman–Crippen MR) is 106 cm³/mol. The van der Waals surface area contributed by atoms with Crippen LogP contribution in [0.25, 0.3) is 0 Å². The number of rotatable bonds is 4. The van der Waals surface area contributed by atoms with E-state index in [1.54, 1.807) is 6.42 Å². The van der Waals surface area contributed by atoms with Gasteiger partial charge in [-0.25, -0.2) is 0 Å². The summed E-state index contributed by atoms with van der Waals surface area (Å²) in [5, 5.41) is 0. The standard InChI is InChI=1S/C11H20O.C11H20S/c2*1-3-8-5-9(4-2)11-7-12-6-10(8)11/h2*8-11H,3-7H2,1-2H3. The van der Waals surface area contributed by atoms with Crippen LogP contribution in [0.5, 0.6) is 0 Å². The summed E-state index contributed by atoms with van der Waals surface area (Å²) in [6, 6.07) is 0. The summed E-state index contributed by atoms with van der Waals surface area (Å²) in [4.78, 5) is 0. The molecule has 0 aromatic carbocycles. The van der Waals surface area contributed by atoms with Gasteiger partial charge in [0.15, 0.2) is 0 Å². The zero-order chi connectivity index (χ0) is 17.1. The average Bonchev–Trinajstić information content (AvgIpc) is 3.35. The van der Waals surface area contributed by atoms with Crippen molar-refractivity contribution in [1.29, 1.82) is 0 Å². The number of ether oxygens (including phenoxy) is 1. The van der Waals surface area contributed by atoms with Gasteiger partial charge in [-0.3, -0.25) is 0 Å². The first-order valence-corrected chi connectivity index (χ1v) is 12.0. The van der Waals surface area contributed by atoms with E-state index in [0.717, 1.165) is 60.6 Å². The number of hydrogen-bond donors (Lipinski definition) is 0. The molecule has 4 fully saturated rings. The van der Waals surface area contributed by atoms with Crippen molar-refractivity contribution in [2.45, 2.75) is 66.2 Å². The van der Waals surface area contributed by atoms with Crippen LogP contribution in [0.3, 0.4) is 0 Å². The highest BCUT2D eigenvalue weighted by atomic mass is 32.2. The predicted octanol–water partition coefficient (Wildman–Crippen LogP) is 6.13. The Morgan fingerprint density at radius 2 is 1.00 bits per heavy atom. The van der Waals surface area contributed by atoms with E-state index in [9.17, 15) is 0 Å². The van der Waals surface area contributed by atoms with Crippen molar-refractivity contribution in [3.8, 4) is 0 Å². The molecule has 2 aliphatic carbocycles. The van der Waals surface area contributed by atoms with Gasteiger partial charge in [0.05, 0.1) is 13.2 Å². The average molecular weight is 353 g/mol. The van der Waals surface area contributed by atoms with Gasteiger partial charge in [0, 0.05) is 0 Å². The highest BCUT2D eigenvalue weighted by Crippen LogP contribution is 2.51. The molecule has 140 valence electrons. The SMILES string of the molecule is CCC1CC(CC)C2COCC12.CCC1CC(CC)C2CSCC12. The Morgan fingerprint density at radius 1 is 0.625 bits per heavy atom. The highest BCUT2D eigenvalue weighted by molar-refractivity contribution is 7.99. The molecule has 24 heavy (non-hydrogen) atoms. The Balaban J connectivity index is 0.000000141. The zero-order valence-corrected chi connectivity index (χ0v) is 17.3. The van der Waals surface area contributed by atoms with Crippen molar-refractivity contribution in [1.82, 2.24) is 0 Å². The minimum atomic E-state index is 0.917. The number of thioether (sulfide) groups is 1. The minimum Gasteiger partial charge on any atom is -0.381 e. The second kappa shape index (κ2) is 8.80. The first-order chi connectivity index (χ1) is 11.7. The normalized spacial score (nSPS) is 46.5. The molecule has 2 heteroatoms. The van der Waals surface area contributed by atoms with Crippen LogP contribution >= 0.6 is 11.8 Å². The molecule has 4 aliphatic rings. The molecule has 0 bridgehead atoms. The lowest BCUT2D eigenvalue weighted by Gasteiger charge is -2.15. The van der Waals surface area contributed by atoms with Crippen LogP contribution in [0.15, 0.2) is 0 Å². The molecule has 0 N–H and O–H groups in total. The molecule has 2 aliphatic heterocycles. The highest BCUT2D eigenvalue weighted by Gasteiger charge is 2.45. The van der Waals surface area contributed by atoms with Crippen LogP contribution in [0.4, 0.5) is 0 Å². The summed E-state index contributed by atoms with van der Waals surface area (Å²) in [5.74, 6) is 11.1. The topological polar surface area (TPSA) is 9.23 Å². The molecule has 0 radical (unpaired) electrons. The lowest BCUT2D eigenvalue weighted by molar-refractivity contribution is 0.152. The summed E-state index contributed by atoms with van der Waals surface area (Å²) in [6.45, 7) is 11.5. The van der Waals surface area contributed by atoms with E-state index >= 15 is 0 Å². The molecule has 0 spiro atoms. The largest absolute Gasteiger partial charge is 0.381 e. The van der Waals surface area contributed by atoms with E-state index in [1.165, 1.54) is 43.6 Å². The fraction of sp³-hybridized carbons (Fsp3) is 1.00. The third kappa shape index (κ3) is 3.70. The third-order valence-corrected chi connectivity index (χ3v) is 9.31. The quantitative estimate of drug-likeness (QED) is 0.602. The Bertz CT molecular complexity index is 316. The van der Waals surface area contributed by atoms with E-state index < -0.39 is 0 Å². The smallest absolute Gasteiger partial charge is 0.0500 e. The van der Waals surface area contributed by atoms with Gasteiger partial charge in [-0.05, 0) is 71.7 Å². The first-order valence-electron chi connectivity index (χ1n) is 10.9. The maximum atomic E-state index is 5.58. The maximum absolute atomic E-state index is 5.58. The van der Waals surface area contributed by atoms with Crippen molar-refractivity contribution >= 4 is 11.8 Å². The summed E-state index contributed by atoms with van der Waals surface area (Å²) < 4.78 is 5.58. The molecule has 2 heterocycles. The molecule has 8 atom stereocenters. The van der Waals surface area contributed by atoms with E-state index in [1.807, 2.05) is 0 Å². The summed E-state index contributed by atoms with van der Waals surface area (Å²) >= 11 is 2.20. The van der Waals surface area contributed by atoms with Gasteiger partial charge in [-0.15, -0.1) is 0 Å². The van der Waals surface area contributed by atoms with Gasteiger partial charge in [0.2, 0.25) is 0 Å². The molecule has 0 aromatic heterocycles. The molecule has 1 nitrogen and oxygen atoms in total. The van der Waals surface area contributed by atoms with Crippen LogP contribution in [0.1, 0.15) is 66.2 Å². The van der Waals surface area contributed by atoms with Gasteiger partial charge in [-0.1, -0.05) is 53.4 Å². The summed E-state index contributed by atoms with van der Waals surface area (Å²) in [7, 11) is 0. The van der Waals surface area contributed by atoms with Gasteiger partial charge < -0.3 is 4.74 Å². The molecular formula is C22H40OS. The lowest BCUT2D eigenvalue weighted by atomic mass is 9.89. The van der Waals surface area contributed by atoms with Crippen LogP contribution in [-0.4, -0.2) is 24.7 Å². The van der Waals surface area contributed by atoms with E-state index in [4.69, 9.17) is 4.74 Å². The van der Waals surface area contributed by atoms with Crippen LogP contribution in [-0.2, 0) is 4.74 Å². The van der Waals surface area contributed by atoms with Gasteiger partial charge in [0.1, 0.15) is 0 Å². The van der Waals surface area contributed by atoms with Crippen molar-refractivity contribution < 1.29 is 4.74 Å².